The third-order valence-corrected chi connectivity index (χ3v) is 2.90. The average molecular weight is 207 g/mol. The molecule has 4 heteroatoms. The number of nitrogens with one attached hydrogen (secondary N) is 2. The molecule has 2 rings (SSSR count). The van der Waals surface area contributed by atoms with Crippen molar-refractivity contribution in [3.05, 3.63) is 24.5 Å². The maximum Gasteiger partial charge on any atom is 0.256 e. The number of hydrogen-bond donors (Lipinski definition) is 2. The van der Waals surface area contributed by atoms with Crippen LogP contribution >= 0.6 is 0 Å². The highest BCUT2D eigenvalue weighted by Crippen LogP contribution is 2.15. The number of hydrogen-bond acceptors (Lipinski definition) is 2. The van der Waals surface area contributed by atoms with Crippen molar-refractivity contribution in [1.29, 1.82) is 0 Å². The molecular formula is C11H17N3O. The molecule has 0 aromatic carbocycles. The van der Waals surface area contributed by atoms with Crippen molar-refractivity contribution in [3.63, 3.8) is 0 Å². The van der Waals surface area contributed by atoms with Gasteiger partial charge in [-0.2, -0.15) is 0 Å². The molecule has 2 unspecified atom stereocenters. The fourth-order valence-electron chi connectivity index (χ4n) is 2.01. The van der Waals surface area contributed by atoms with Crippen molar-refractivity contribution in [3.8, 4) is 0 Å². The first-order valence-corrected chi connectivity index (χ1v) is 5.44. The van der Waals surface area contributed by atoms with E-state index in [0.29, 0.717) is 5.92 Å². The molecule has 1 aromatic heterocycles. The van der Waals surface area contributed by atoms with Crippen molar-refractivity contribution < 1.29 is 4.79 Å². The average Bonchev–Trinajstić information content (AvgIpc) is 2.71. The van der Waals surface area contributed by atoms with Gasteiger partial charge in [0.1, 0.15) is 0 Å². The summed E-state index contributed by atoms with van der Waals surface area (Å²) in [4.78, 5) is 11.9. The second-order valence-corrected chi connectivity index (χ2v) is 4.12. The Hall–Kier alpha value is -1.29. The van der Waals surface area contributed by atoms with Crippen LogP contribution in [0.15, 0.2) is 24.5 Å². The third-order valence-electron chi connectivity index (χ3n) is 2.90. The molecule has 0 bridgehead atoms. The highest BCUT2D eigenvalue weighted by atomic mass is 16.2. The lowest BCUT2D eigenvalue weighted by molar-refractivity contribution is -0.120. The van der Waals surface area contributed by atoms with Crippen molar-refractivity contribution in [2.45, 2.75) is 25.8 Å². The van der Waals surface area contributed by atoms with Crippen LogP contribution in [0.1, 0.15) is 19.8 Å². The Balaban J connectivity index is 1.95. The lowest BCUT2D eigenvalue weighted by Crippen LogP contribution is -2.49. The van der Waals surface area contributed by atoms with Crippen LogP contribution in [0.25, 0.3) is 0 Å². The third kappa shape index (κ3) is 2.39. The summed E-state index contributed by atoms with van der Waals surface area (Å²) in [7, 11) is 0. The summed E-state index contributed by atoms with van der Waals surface area (Å²) in [5.74, 6) is 0.465. The van der Waals surface area contributed by atoms with Gasteiger partial charge in [-0.3, -0.25) is 14.9 Å². The van der Waals surface area contributed by atoms with Gasteiger partial charge in [0.15, 0.2) is 0 Å². The van der Waals surface area contributed by atoms with Gasteiger partial charge in [0, 0.05) is 12.4 Å². The molecular weight excluding hydrogens is 190 g/mol. The van der Waals surface area contributed by atoms with Crippen LogP contribution in [0.3, 0.4) is 0 Å². The summed E-state index contributed by atoms with van der Waals surface area (Å²) >= 11 is 0. The van der Waals surface area contributed by atoms with E-state index in [1.807, 2.05) is 24.5 Å². The number of nitrogens with zero attached hydrogens (tertiary/aromatic N) is 1. The van der Waals surface area contributed by atoms with Crippen molar-refractivity contribution in [2.75, 3.05) is 12.0 Å². The zero-order valence-electron chi connectivity index (χ0n) is 8.94. The van der Waals surface area contributed by atoms with Gasteiger partial charge >= 0.3 is 0 Å². The van der Waals surface area contributed by atoms with Crippen LogP contribution in [-0.4, -0.2) is 23.2 Å². The van der Waals surface area contributed by atoms with Gasteiger partial charge in [0.25, 0.3) is 5.91 Å². The Labute approximate surface area is 89.6 Å². The zero-order chi connectivity index (χ0) is 10.7. The van der Waals surface area contributed by atoms with Crippen molar-refractivity contribution >= 4 is 5.91 Å². The van der Waals surface area contributed by atoms with Gasteiger partial charge in [-0.25, -0.2) is 0 Å². The van der Waals surface area contributed by atoms with Crippen LogP contribution in [-0.2, 0) is 4.79 Å². The summed E-state index contributed by atoms with van der Waals surface area (Å²) < 4.78 is 1.69. The number of piperidine rings is 1. The van der Waals surface area contributed by atoms with E-state index in [1.165, 1.54) is 0 Å². The first kappa shape index (κ1) is 10.2. The first-order chi connectivity index (χ1) is 7.27. The highest BCUT2D eigenvalue weighted by Gasteiger charge is 2.27. The van der Waals surface area contributed by atoms with Crippen LogP contribution in [0.5, 0.6) is 0 Å². The molecule has 2 heterocycles. The molecule has 0 saturated carbocycles. The van der Waals surface area contributed by atoms with Gasteiger partial charge in [-0.05, 0) is 37.4 Å². The fraction of sp³-hybridized carbons (Fsp3) is 0.545. The molecule has 15 heavy (non-hydrogen) atoms. The van der Waals surface area contributed by atoms with Crippen molar-refractivity contribution in [1.82, 2.24) is 9.99 Å². The summed E-state index contributed by atoms with van der Waals surface area (Å²) in [6.07, 6.45) is 5.93. The number of carbonyl (C=O) groups excluding carboxylic acids is 1. The van der Waals surface area contributed by atoms with Crippen LogP contribution < -0.4 is 10.7 Å². The predicted octanol–water partition coefficient (Wildman–Crippen LogP) is 0.946. The van der Waals surface area contributed by atoms with Crippen molar-refractivity contribution in [2.24, 2.45) is 5.92 Å². The zero-order valence-corrected chi connectivity index (χ0v) is 8.94. The van der Waals surface area contributed by atoms with E-state index in [0.717, 1.165) is 19.4 Å². The summed E-state index contributed by atoms with van der Waals surface area (Å²) in [6, 6.07) is 3.72. The maximum atomic E-state index is 11.9. The van der Waals surface area contributed by atoms with Crippen LogP contribution in [0.4, 0.5) is 0 Å². The highest BCUT2D eigenvalue weighted by molar-refractivity contribution is 5.89. The number of amides is 1. The normalized spacial score (nSPS) is 26.2. The second-order valence-electron chi connectivity index (χ2n) is 4.12. The van der Waals surface area contributed by atoms with Crippen LogP contribution in [0.2, 0.25) is 0 Å². The van der Waals surface area contributed by atoms with E-state index in [1.54, 1.807) is 4.68 Å². The Morgan fingerprint density at radius 2 is 2.20 bits per heavy atom. The smallest absolute Gasteiger partial charge is 0.256 e. The molecule has 0 radical (unpaired) electrons. The Bertz CT molecular complexity index is 321. The molecule has 1 aliphatic rings. The fourth-order valence-corrected chi connectivity index (χ4v) is 2.01. The van der Waals surface area contributed by atoms with E-state index in [4.69, 9.17) is 0 Å². The molecule has 2 atom stereocenters. The summed E-state index contributed by atoms with van der Waals surface area (Å²) in [5.41, 5.74) is 2.84. The minimum Gasteiger partial charge on any atom is -0.306 e. The first-order valence-electron chi connectivity index (χ1n) is 5.44. The second kappa shape index (κ2) is 4.49. The minimum atomic E-state index is -0.0545. The predicted molar refractivity (Wildman–Crippen MR) is 59.0 cm³/mol. The molecule has 1 fully saturated rings. The van der Waals surface area contributed by atoms with E-state index in [-0.39, 0.29) is 11.9 Å². The summed E-state index contributed by atoms with van der Waals surface area (Å²) in [5, 5.41) is 3.26. The van der Waals surface area contributed by atoms with Crippen LogP contribution in [0, 0.1) is 5.92 Å². The molecule has 1 aromatic rings. The molecule has 1 saturated heterocycles. The molecule has 1 aliphatic heterocycles. The Morgan fingerprint density at radius 3 is 2.87 bits per heavy atom. The van der Waals surface area contributed by atoms with Gasteiger partial charge in [-0.15, -0.1) is 0 Å². The quantitative estimate of drug-likeness (QED) is 0.758. The maximum absolute atomic E-state index is 11.9. The largest absolute Gasteiger partial charge is 0.306 e. The molecule has 0 spiro atoms. The Morgan fingerprint density at radius 1 is 1.47 bits per heavy atom. The monoisotopic (exact) mass is 207 g/mol. The van der Waals surface area contributed by atoms with Gasteiger partial charge < -0.3 is 5.32 Å². The van der Waals surface area contributed by atoms with E-state index >= 15 is 0 Å². The summed E-state index contributed by atoms with van der Waals surface area (Å²) in [6.45, 7) is 3.06. The van der Waals surface area contributed by atoms with E-state index in [2.05, 4.69) is 17.7 Å². The number of aromatic nitrogens is 1. The van der Waals surface area contributed by atoms with Gasteiger partial charge in [0.2, 0.25) is 0 Å². The van der Waals surface area contributed by atoms with Gasteiger partial charge in [0.05, 0.1) is 6.04 Å². The Kier molecular flexibility index (Phi) is 3.06. The SMILES string of the molecule is CC1CCCNC1C(=O)Nn1cccc1. The standard InChI is InChI=1S/C11H17N3O/c1-9-5-4-6-12-10(9)11(15)13-14-7-2-3-8-14/h2-3,7-10,12H,4-6H2,1H3,(H,13,15). The number of rotatable bonds is 2. The lowest BCUT2D eigenvalue weighted by Gasteiger charge is -2.28. The molecule has 1 amide bonds. The molecule has 4 nitrogen and oxygen atoms in total. The molecule has 2 N–H and O–H groups in total. The minimum absolute atomic E-state index is 0.0541. The molecule has 82 valence electrons. The molecule has 0 aliphatic carbocycles. The van der Waals surface area contributed by atoms with Gasteiger partial charge in [-0.1, -0.05) is 6.92 Å². The van der Waals surface area contributed by atoms with E-state index in [9.17, 15) is 4.79 Å². The lowest BCUT2D eigenvalue weighted by atomic mass is 9.92. The van der Waals surface area contributed by atoms with E-state index < -0.39 is 0 Å². The topological polar surface area (TPSA) is 46.1 Å². The number of carbonyl (C=O) groups is 1.